The Morgan fingerprint density at radius 2 is 1.88 bits per heavy atom. The molecular weight excluding hydrogens is 196 g/mol. The van der Waals surface area contributed by atoms with Crippen molar-refractivity contribution in [3.63, 3.8) is 0 Å². The first-order valence-corrected chi connectivity index (χ1v) is 6.20. The summed E-state index contributed by atoms with van der Waals surface area (Å²) in [6, 6.07) is 9.49. The molecule has 2 heteroatoms. The maximum absolute atomic E-state index is 5.85. The van der Waals surface area contributed by atoms with Gasteiger partial charge in [-0.05, 0) is 43.9 Å². The van der Waals surface area contributed by atoms with Crippen LogP contribution in [0.1, 0.15) is 38.8 Å². The maximum atomic E-state index is 5.85. The van der Waals surface area contributed by atoms with Crippen molar-refractivity contribution in [2.75, 3.05) is 11.4 Å². The van der Waals surface area contributed by atoms with Gasteiger partial charge in [0.2, 0.25) is 0 Å². The first-order valence-electron chi connectivity index (χ1n) is 6.20. The maximum Gasteiger partial charge on any atom is 0.0368 e. The van der Waals surface area contributed by atoms with Crippen LogP contribution in [0, 0.1) is 5.92 Å². The predicted octanol–water partition coefficient (Wildman–Crippen LogP) is 2.94. The van der Waals surface area contributed by atoms with Gasteiger partial charge in [-0.15, -0.1) is 0 Å². The van der Waals surface area contributed by atoms with E-state index in [1.54, 1.807) is 0 Å². The molecule has 0 saturated carbocycles. The van der Waals surface area contributed by atoms with Crippen LogP contribution in [0.4, 0.5) is 5.69 Å². The van der Waals surface area contributed by atoms with Crippen LogP contribution in [-0.4, -0.2) is 12.6 Å². The number of rotatable bonds is 2. The van der Waals surface area contributed by atoms with Crippen molar-refractivity contribution >= 4 is 5.69 Å². The molecule has 16 heavy (non-hydrogen) atoms. The fraction of sp³-hybridized carbons (Fsp3) is 0.571. The van der Waals surface area contributed by atoms with Crippen LogP contribution in [-0.2, 0) is 0 Å². The second-order valence-electron chi connectivity index (χ2n) is 5.22. The van der Waals surface area contributed by atoms with Gasteiger partial charge in [0.05, 0.1) is 0 Å². The third-order valence-corrected chi connectivity index (χ3v) is 3.53. The minimum absolute atomic E-state index is 0.129. The molecule has 2 rings (SSSR count). The molecule has 0 aliphatic carbocycles. The summed E-state index contributed by atoms with van der Waals surface area (Å²) in [4.78, 5) is 2.50. The number of anilines is 1. The van der Waals surface area contributed by atoms with Crippen molar-refractivity contribution in [3.8, 4) is 0 Å². The molecule has 1 saturated heterocycles. The predicted molar refractivity (Wildman–Crippen MR) is 69.6 cm³/mol. The van der Waals surface area contributed by atoms with Gasteiger partial charge in [0.25, 0.3) is 0 Å². The van der Waals surface area contributed by atoms with Crippen LogP contribution in [0.25, 0.3) is 0 Å². The van der Waals surface area contributed by atoms with Gasteiger partial charge < -0.3 is 10.6 Å². The monoisotopic (exact) mass is 218 g/mol. The van der Waals surface area contributed by atoms with Crippen LogP contribution >= 0.6 is 0 Å². The number of nitrogens with two attached hydrogens (primary N) is 1. The van der Waals surface area contributed by atoms with Gasteiger partial charge in [-0.1, -0.05) is 19.1 Å². The van der Waals surface area contributed by atoms with Crippen molar-refractivity contribution in [2.24, 2.45) is 11.7 Å². The van der Waals surface area contributed by atoms with E-state index in [1.165, 1.54) is 24.2 Å². The van der Waals surface area contributed by atoms with E-state index in [0.717, 1.165) is 5.92 Å². The van der Waals surface area contributed by atoms with Gasteiger partial charge in [-0.3, -0.25) is 0 Å². The normalized spacial score (nSPS) is 27.1. The summed E-state index contributed by atoms with van der Waals surface area (Å²) in [5.41, 5.74) is 8.40. The van der Waals surface area contributed by atoms with E-state index in [-0.39, 0.29) is 6.04 Å². The Hall–Kier alpha value is -1.02. The summed E-state index contributed by atoms with van der Waals surface area (Å²) in [6.07, 6.45) is 1.30. The molecule has 0 aromatic heterocycles. The van der Waals surface area contributed by atoms with Crippen molar-refractivity contribution in [1.29, 1.82) is 0 Å². The van der Waals surface area contributed by atoms with Gasteiger partial charge >= 0.3 is 0 Å². The number of benzene rings is 1. The molecule has 0 spiro atoms. The molecule has 2 N–H and O–H groups in total. The highest BCUT2D eigenvalue weighted by Crippen LogP contribution is 2.29. The fourth-order valence-corrected chi connectivity index (χ4v) is 2.63. The Labute approximate surface area is 98.4 Å². The molecule has 0 bridgehead atoms. The van der Waals surface area contributed by atoms with Crippen molar-refractivity contribution in [1.82, 2.24) is 0 Å². The Bertz CT molecular complexity index is 342. The highest BCUT2D eigenvalue weighted by Gasteiger charge is 2.25. The Balaban J connectivity index is 2.15. The van der Waals surface area contributed by atoms with Gasteiger partial charge in [-0.2, -0.15) is 0 Å². The van der Waals surface area contributed by atoms with E-state index in [0.29, 0.717) is 6.04 Å². The van der Waals surface area contributed by atoms with E-state index in [1.807, 2.05) is 6.92 Å². The van der Waals surface area contributed by atoms with E-state index in [4.69, 9.17) is 5.73 Å². The molecule has 3 atom stereocenters. The fourth-order valence-electron chi connectivity index (χ4n) is 2.63. The number of hydrogen-bond acceptors (Lipinski definition) is 2. The average molecular weight is 218 g/mol. The molecule has 1 fully saturated rings. The van der Waals surface area contributed by atoms with Crippen molar-refractivity contribution in [2.45, 2.75) is 39.3 Å². The third kappa shape index (κ3) is 2.22. The summed E-state index contributed by atoms with van der Waals surface area (Å²) in [7, 11) is 0. The lowest BCUT2D eigenvalue weighted by Crippen LogP contribution is -2.26. The van der Waals surface area contributed by atoms with E-state index in [2.05, 4.69) is 43.0 Å². The lowest BCUT2D eigenvalue weighted by molar-refractivity contribution is 0.625. The molecule has 1 aliphatic heterocycles. The molecule has 1 heterocycles. The zero-order valence-electron chi connectivity index (χ0n) is 10.5. The standard InChI is InChI=1S/C14H22N2/c1-10-8-11(2)16(9-10)14-6-4-13(5-7-14)12(3)15/h4-7,10-12H,8-9,15H2,1-3H3. The lowest BCUT2D eigenvalue weighted by Gasteiger charge is -2.24. The SMILES string of the molecule is CC1CC(C)N(c2ccc(C(C)N)cc2)C1. The van der Waals surface area contributed by atoms with Crippen molar-refractivity contribution in [3.05, 3.63) is 29.8 Å². The molecule has 0 radical (unpaired) electrons. The highest BCUT2D eigenvalue weighted by atomic mass is 15.2. The third-order valence-electron chi connectivity index (χ3n) is 3.53. The van der Waals surface area contributed by atoms with Crippen LogP contribution < -0.4 is 10.6 Å². The summed E-state index contributed by atoms with van der Waals surface area (Å²) in [5.74, 6) is 0.808. The summed E-state index contributed by atoms with van der Waals surface area (Å²) in [6.45, 7) is 7.84. The van der Waals surface area contributed by atoms with Gasteiger partial charge in [0.1, 0.15) is 0 Å². The number of hydrogen-bond donors (Lipinski definition) is 1. The van der Waals surface area contributed by atoms with Gasteiger partial charge in [-0.25, -0.2) is 0 Å². The molecule has 1 aliphatic rings. The molecule has 0 amide bonds. The largest absolute Gasteiger partial charge is 0.369 e. The summed E-state index contributed by atoms with van der Waals surface area (Å²) >= 11 is 0. The Morgan fingerprint density at radius 1 is 1.25 bits per heavy atom. The Kier molecular flexibility index (Phi) is 3.20. The quantitative estimate of drug-likeness (QED) is 0.827. The molecule has 88 valence electrons. The van der Waals surface area contributed by atoms with Crippen LogP contribution in [0.5, 0.6) is 0 Å². The Morgan fingerprint density at radius 3 is 2.31 bits per heavy atom. The second-order valence-corrected chi connectivity index (χ2v) is 5.22. The van der Waals surface area contributed by atoms with Gasteiger partial charge in [0, 0.05) is 24.3 Å². The lowest BCUT2D eigenvalue weighted by atomic mass is 10.1. The minimum atomic E-state index is 0.129. The zero-order valence-corrected chi connectivity index (χ0v) is 10.5. The minimum Gasteiger partial charge on any atom is -0.369 e. The average Bonchev–Trinajstić information content (AvgIpc) is 2.58. The highest BCUT2D eigenvalue weighted by molar-refractivity contribution is 5.49. The van der Waals surface area contributed by atoms with E-state index >= 15 is 0 Å². The first kappa shape index (κ1) is 11.5. The molecule has 2 nitrogen and oxygen atoms in total. The molecule has 3 unspecified atom stereocenters. The first-order chi connectivity index (χ1) is 7.58. The molecular formula is C14H22N2. The topological polar surface area (TPSA) is 29.3 Å². The van der Waals surface area contributed by atoms with Crippen LogP contribution in [0.3, 0.4) is 0 Å². The smallest absolute Gasteiger partial charge is 0.0368 e. The van der Waals surface area contributed by atoms with Gasteiger partial charge in [0.15, 0.2) is 0 Å². The number of nitrogens with zero attached hydrogens (tertiary/aromatic N) is 1. The van der Waals surface area contributed by atoms with Crippen LogP contribution in [0.2, 0.25) is 0 Å². The van der Waals surface area contributed by atoms with E-state index < -0.39 is 0 Å². The van der Waals surface area contributed by atoms with E-state index in [9.17, 15) is 0 Å². The van der Waals surface area contributed by atoms with Crippen molar-refractivity contribution < 1.29 is 0 Å². The summed E-state index contributed by atoms with van der Waals surface area (Å²) < 4.78 is 0. The van der Waals surface area contributed by atoms with Crippen LogP contribution in [0.15, 0.2) is 24.3 Å². The molecule has 1 aromatic carbocycles. The summed E-state index contributed by atoms with van der Waals surface area (Å²) in [5, 5.41) is 0. The second kappa shape index (κ2) is 4.46. The molecule has 1 aromatic rings. The zero-order chi connectivity index (χ0) is 11.7.